The third kappa shape index (κ3) is 4.78. The van der Waals surface area contributed by atoms with Crippen LogP contribution < -0.4 is 5.32 Å². The molecule has 0 aliphatic heterocycles. The topological polar surface area (TPSA) is 62.2 Å². The van der Waals surface area contributed by atoms with Gasteiger partial charge in [-0.25, -0.2) is 0 Å². The Balaban J connectivity index is 2.75. The Labute approximate surface area is 111 Å². The number of pyridine rings is 1. The molecule has 0 saturated heterocycles. The molecule has 0 aliphatic carbocycles. The number of carbonyl (C=O) groups is 1. The van der Waals surface area contributed by atoms with Crippen LogP contribution >= 0.6 is 11.8 Å². The smallest absolute Gasteiger partial charge is 0.252 e. The van der Waals surface area contributed by atoms with E-state index < -0.39 is 0 Å². The van der Waals surface area contributed by atoms with Crippen molar-refractivity contribution in [2.75, 3.05) is 25.2 Å². The van der Waals surface area contributed by atoms with Crippen molar-refractivity contribution in [3.8, 4) is 11.8 Å². The highest BCUT2D eigenvalue weighted by Crippen LogP contribution is 2.05. The number of aromatic nitrogens is 1. The first-order valence-corrected chi connectivity index (χ1v) is 7.00. The third-order valence-electron chi connectivity index (χ3n) is 2.12. The van der Waals surface area contributed by atoms with Crippen molar-refractivity contribution in [1.29, 1.82) is 0 Å². The molecule has 0 aromatic carbocycles. The van der Waals surface area contributed by atoms with Crippen molar-refractivity contribution < 1.29 is 9.90 Å². The predicted octanol–water partition coefficient (Wildman–Crippen LogP) is 0.908. The van der Waals surface area contributed by atoms with Crippen LogP contribution in [0.3, 0.4) is 0 Å². The van der Waals surface area contributed by atoms with Gasteiger partial charge in [0.2, 0.25) is 0 Å². The van der Waals surface area contributed by atoms with Crippen LogP contribution in [0.4, 0.5) is 0 Å². The van der Waals surface area contributed by atoms with E-state index in [-0.39, 0.29) is 12.5 Å². The number of hydrogen-bond donors (Lipinski definition) is 2. The Morgan fingerprint density at radius 1 is 1.61 bits per heavy atom. The van der Waals surface area contributed by atoms with E-state index in [0.29, 0.717) is 24.1 Å². The molecule has 2 N–H and O–H groups in total. The Bertz CT molecular complexity index is 452. The first kappa shape index (κ1) is 14.6. The lowest BCUT2D eigenvalue weighted by molar-refractivity contribution is 0.0956. The van der Waals surface area contributed by atoms with Crippen molar-refractivity contribution in [2.24, 2.45) is 0 Å². The van der Waals surface area contributed by atoms with Crippen LogP contribution in [0.2, 0.25) is 0 Å². The zero-order valence-electron chi connectivity index (χ0n) is 10.3. The largest absolute Gasteiger partial charge is 0.395 e. The summed E-state index contributed by atoms with van der Waals surface area (Å²) in [7, 11) is 0. The lowest BCUT2D eigenvalue weighted by Crippen LogP contribution is -2.26. The molecular formula is C13H16N2O2S. The van der Waals surface area contributed by atoms with Crippen LogP contribution in [0.1, 0.15) is 22.3 Å². The van der Waals surface area contributed by atoms with Gasteiger partial charge in [0.1, 0.15) is 0 Å². The van der Waals surface area contributed by atoms with Gasteiger partial charge in [-0.2, -0.15) is 11.8 Å². The molecule has 1 heterocycles. The molecule has 96 valence electrons. The average Bonchev–Trinajstić information content (AvgIpc) is 2.40. The minimum absolute atomic E-state index is 0.0164. The summed E-state index contributed by atoms with van der Waals surface area (Å²) in [6.45, 7) is 0.647. The number of hydrogen-bond acceptors (Lipinski definition) is 4. The summed E-state index contributed by atoms with van der Waals surface area (Å²) < 4.78 is 0. The Hall–Kier alpha value is -1.51. The van der Waals surface area contributed by atoms with Gasteiger partial charge in [-0.3, -0.25) is 9.78 Å². The maximum atomic E-state index is 11.9. The second-order valence-electron chi connectivity index (χ2n) is 3.45. The maximum Gasteiger partial charge on any atom is 0.252 e. The predicted molar refractivity (Wildman–Crippen MR) is 73.5 cm³/mol. The molecule has 0 unspecified atom stereocenters. The molecule has 0 saturated carbocycles. The number of aliphatic hydroxyl groups excluding tert-OH is 1. The molecule has 0 fully saturated rings. The van der Waals surface area contributed by atoms with Gasteiger partial charge in [0.15, 0.2) is 0 Å². The number of nitrogens with zero attached hydrogens (tertiary/aromatic N) is 1. The van der Waals surface area contributed by atoms with E-state index in [2.05, 4.69) is 22.1 Å². The van der Waals surface area contributed by atoms with E-state index in [1.807, 2.05) is 6.26 Å². The molecule has 1 aromatic heterocycles. The SMILES string of the molecule is CSCCNC(=O)c1ccncc1C#CCCO. The number of rotatable bonds is 5. The normalized spacial score (nSPS) is 9.44. The van der Waals surface area contributed by atoms with Crippen molar-refractivity contribution in [3.05, 3.63) is 29.6 Å². The summed E-state index contributed by atoms with van der Waals surface area (Å²) in [5, 5.41) is 11.5. The third-order valence-corrected chi connectivity index (χ3v) is 2.73. The number of aliphatic hydroxyl groups is 1. The molecule has 0 bridgehead atoms. The fourth-order valence-corrected chi connectivity index (χ4v) is 1.57. The zero-order valence-corrected chi connectivity index (χ0v) is 11.1. The first-order valence-electron chi connectivity index (χ1n) is 5.60. The van der Waals surface area contributed by atoms with Crippen LogP contribution in [0, 0.1) is 11.8 Å². The summed E-state index contributed by atoms with van der Waals surface area (Å²) in [5.41, 5.74) is 1.11. The molecule has 1 aromatic rings. The fraction of sp³-hybridized carbons (Fsp3) is 0.385. The highest BCUT2D eigenvalue weighted by atomic mass is 32.2. The van der Waals surface area contributed by atoms with Crippen molar-refractivity contribution in [1.82, 2.24) is 10.3 Å². The van der Waals surface area contributed by atoms with Crippen LogP contribution in [-0.2, 0) is 0 Å². The van der Waals surface area contributed by atoms with E-state index in [0.717, 1.165) is 5.75 Å². The molecule has 5 heteroatoms. The van der Waals surface area contributed by atoms with Crippen molar-refractivity contribution in [2.45, 2.75) is 6.42 Å². The van der Waals surface area contributed by atoms with E-state index in [1.165, 1.54) is 0 Å². The van der Waals surface area contributed by atoms with Gasteiger partial charge >= 0.3 is 0 Å². The summed E-state index contributed by atoms with van der Waals surface area (Å²) in [6.07, 6.45) is 5.52. The van der Waals surface area contributed by atoms with Crippen LogP contribution in [0.25, 0.3) is 0 Å². The van der Waals surface area contributed by atoms with Crippen molar-refractivity contribution in [3.63, 3.8) is 0 Å². The summed E-state index contributed by atoms with van der Waals surface area (Å²) in [6, 6.07) is 1.65. The second-order valence-corrected chi connectivity index (χ2v) is 4.43. The number of thioether (sulfide) groups is 1. The molecule has 1 rings (SSSR count). The van der Waals surface area contributed by atoms with Crippen LogP contribution in [-0.4, -0.2) is 41.2 Å². The van der Waals surface area contributed by atoms with Crippen LogP contribution in [0.5, 0.6) is 0 Å². The average molecular weight is 264 g/mol. The summed E-state index contributed by atoms with van der Waals surface area (Å²) in [4.78, 5) is 15.9. The minimum Gasteiger partial charge on any atom is -0.395 e. The quantitative estimate of drug-likeness (QED) is 0.613. The molecule has 18 heavy (non-hydrogen) atoms. The van der Waals surface area contributed by atoms with Gasteiger partial charge in [-0.1, -0.05) is 11.8 Å². The standard InChI is InChI=1S/C13H16N2O2S/c1-18-9-7-15-13(17)12-5-6-14-10-11(12)4-2-3-8-16/h5-6,10,16H,3,7-9H2,1H3,(H,15,17). The number of amides is 1. The zero-order chi connectivity index (χ0) is 13.2. The van der Waals surface area contributed by atoms with Gasteiger partial charge in [0.25, 0.3) is 5.91 Å². The molecular weight excluding hydrogens is 248 g/mol. The summed E-state index contributed by atoms with van der Waals surface area (Å²) >= 11 is 1.68. The number of nitrogens with one attached hydrogen (secondary N) is 1. The summed E-state index contributed by atoms with van der Waals surface area (Å²) in [5.74, 6) is 6.37. The second kappa shape index (κ2) is 8.56. The lowest BCUT2D eigenvalue weighted by atomic mass is 10.1. The molecule has 0 spiro atoms. The maximum absolute atomic E-state index is 11.9. The number of carbonyl (C=O) groups excluding carboxylic acids is 1. The lowest BCUT2D eigenvalue weighted by Gasteiger charge is -2.05. The van der Waals surface area contributed by atoms with E-state index in [9.17, 15) is 4.79 Å². The molecule has 1 amide bonds. The Morgan fingerprint density at radius 2 is 2.44 bits per heavy atom. The van der Waals surface area contributed by atoms with Gasteiger partial charge in [0.05, 0.1) is 17.7 Å². The molecule has 0 radical (unpaired) electrons. The first-order chi connectivity index (χ1) is 8.79. The van der Waals surface area contributed by atoms with Gasteiger partial charge in [0, 0.05) is 31.1 Å². The molecule has 4 nitrogen and oxygen atoms in total. The monoisotopic (exact) mass is 264 g/mol. The highest BCUT2D eigenvalue weighted by Gasteiger charge is 2.08. The molecule has 0 atom stereocenters. The van der Waals surface area contributed by atoms with Gasteiger partial charge in [-0.05, 0) is 12.3 Å². The van der Waals surface area contributed by atoms with Gasteiger partial charge < -0.3 is 10.4 Å². The molecule has 0 aliphatic rings. The van der Waals surface area contributed by atoms with Gasteiger partial charge in [-0.15, -0.1) is 0 Å². The van der Waals surface area contributed by atoms with E-state index in [1.54, 1.807) is 30.2 Å². The fourth-order valence-electron chi connectivity index (χ4n) is 1.27. The minimum atomic E-state index is -0.139. The van der Waals surface area contributed by atoms with E-state index in [4.69, 9.17) is 5.11 Å². The van der Waals surface area contributed by atoms with Crippen molar-refractivity contribution >= 4 is 17.7 Å². The Morgan fingerprint density at radius 3 is 3.17 bits per heavy atom. The highest BCUT2D eigenvalue weighted by molar-refractivity contribution is 7.98. The Kier molecular flexibility index (Phi) is 6.92. The van der Waals surface area contributed by atoms with Crippen LogP contribution in [0.15, 0.2) is 18.5 Å². The van der Waals surface area contributed by atoms with E-state index >= 15 is 0 Å².